The normalized spacial score (nSPS) is 23.4. The highest BCUT2D eigenvalue weighted by molar-refractivity contribution is 5.79. The van der Waals surface area contributed by atoms with E-state index in [9.17, 15) is 15.0 Å². The Morgan fingerprint density at radius 1 is 1.16 bits per heavy atom. The number of hydrogen-bond donors (Lipinski definition) is 2. The summed E-state index contributed by atoms with van der Waals surface area (Å²) in [5.41, 5.74) is 1.22. The molecule has 1 saturated heterocycles. The van der Waals surface area contributed by atoms with E-state index in [1.54, 1.807) is 18.2 Å². The van der Waals surface area contributed by atoms with E-state index in [1.807, 2.05) is 36.1 Å². The van der Waals surface area contributed by atoms with Crippen molar-refractivity contribution in [2.24, 2.45) is 5.92 Å². The number of phenolic OH excluding ortho intramolecular Hbond substituents is 1. The Hall–Kier alpha value is -2.33. The van der Waals surface area contributed by atoms with Gasteiger partial charge in [-0.25, -0.2) is 0 Å². The van der Waals surface area contributed by atoms with Crippen molar-refractivity contribution in [1.82, 2.24) is 4.90 Å². The first-order valence-corrected chi connectivity index (χ1v) is 8.76. The lowest BCUT2D eigenvalue weighted by molar-refractivity contribution is -0.138. The van der Waals surface area contributed by atoms with Crippen LogP contribution in [0.25, 0.3) is 0 Å². The van der Waals surface area contributed by atoms with Gasteiger partial charge in [0.2, 0.25) is 5.91 Å². The second-order valence-corrected chi connectivity index (χ2v) is 7.18. The van der Waals surface area contributed by atoms with Crippen LogP contribution in [0.5, 0.6) is 5.75 Å². The van der Waals surface area contributed by atoms with Gasteiger partial charge in [-0.3, -0.25) is 4.79 Å². The van der Waals surface area contributed by atoms with Crippen molar-refractivity contribution in [2.75, 3.05) is 13.1 Å². The molecule has 0 radical (unpaired) electrons. The Balaban J connectivity index is 1.68. The second-order valence-electron chi connectivity index (χ2n) is 7.18. The summed E-state index contributed by atoms with van der Waals surface area (Å²) in [6.07, 6.45) is 1.61. The van der Waals surface area contributed by atoms with Crippen LogP contribution in [0.2, 0.25) is 0 Å². The van der Waals surface area contributed by atoms with Crippen molar-refractivity contribution in [3.8, 4) is 5.75 Å². The lowest BCUT2D eigenvalue weighted by Gasteiger charge is -2.43. The van der Waals surface area contributed by atoms with Crippen molar-refractivity contribution < 1.29 is 15.0 Å². The molecule has 4 heteroatoms. The zero-order valence-corrected chi connectivity index (χ0v) is 14.6. The predicted octanol–water partition coefficient (Wildman–Crippen LogP) is 2.78. The third-order valence-electron chi connectivity index (χ3n) is 5.15. The topological polar surface area (TPSA) is 60.8 Å². The van der Waals surface area contributed by atoms with Gasteiger partial charge in [0, 0.05) is 19.0 Å². The fraction of sp³-hybridized carbons (Fsp3) is 0.381. The molecule has 0 aromatic heterocycles. The molecule has 1 aliphatic heterocycles. The maximum atomic E-state index is 12.7. The number of piperidine rings is 1. The lowest BCUT2D eigenvalue weighted by atomic mass is 9.78. The standard InChI is InChI=1S/C21H25NO3/c1-21(25)10-11-22(15-18(21)12-16-6-3-2-4-7-16)20(24)14-17-8-5-9-19(23)13-17/h2-9,13,18,23,25H,10-12,14-15H2,1H3/t18-,21+/m0/s1. The molecule has 132 valence electrons. The Labute approximate surface area is 148 Å². The van der Waals surface area contributed by atoms with E-state index in [0.29, 0.717) is 19.5 Å². The van der Waals surface area contributed by atoms with E-state index >= 15 is 0 Å². The highest BCUT2D eigenvalue weighted by Gasteiger charge is 2.38. The van der Waals surface area contributed by atoms with Crippen molar-refractivity contribution in [2.45, 2.75) is 31.8 Å². The Morgan fingerprint density at radius 2 is 1.88 bits per heavy atom. The minimum Gasteiger partial charge on any atom is -0.508 e. The van der Waals surface area contributed by atoms with Gasteiger partial charge in [0.25, 0.3) is 0 Å². The molecule has 2 aromatic rings. The second kappa shape index (κ2) is 7.28. The first kappa shape index (κ1) is 17.5. The smallest absolute Gasteiger partial charge is 0.227 e. The van der Waals surface area contributed by atoms with Crippen LogP contribution >= 0.6 is 0 Å². The van der Waals surface area contributed by atoms with Crippen LogP contribution in [0.15, 0.2) is 54.6 Å². The van der Waals surface area contributed by atoms with Gasteiger partial charge >= 0.3 is 0 Å². The van der Waals surface area contributed by atoms with Gasteiger partial charge in [-0.1, -0.05) is 42.5 Å². The van der Waals surface area contributed by atoms with Gasteiger partial charge < -0.3 is 15.1 Å². The molecule has 0 spiro atoms. The number of nitrogens with zero attached hydrogens (tertiary/aromatic N) is 1. The van der Waals surface area contributed by atoms with Crippen molar-refractivity contribution in [1.29, 1.82) is 0 Å². The average Bonchev–Trinajstić information content (AvgIpc) is 2.57. The fourth-order valence-electron chi connectivity index (χ4n) is 3.48. The molecule has 25 heavy (non-hydrogen) atoms. The molecule has 0 bridgehead atoms. The van der Waals surface area contributed by atoms with Crippen molar-refractivity contribution >= 4 is 5.91 Å². The summed E-state index contributed by atoms with van der Waals surface area (Å²) >= 11 is 0. The largest absolute Gasteiger partial charge is 0.508 e. The maximum Gasteiger partial charge on any atom is 0.227 e. The molecule has 0 aliphatic carbocycles. The Kier molecular flexibility index (Phi) is 5.09. The zero-order valence-electron chi connectivity index (χ0n) is 14.6. The molecular weight excluding hydrogens is 314 g/mol. The summed E-state index contributed by atoms with van der Waals surface area (Å²) in [7, 11) is 0. The number of hydrogen-bond acceptors (Lipinski definition) is 3. The van der Waals surface area contributed by atoms with Crippen molar-refractivity contribution in [3.63, 3.8) is 0 Å². The van der Waals surface area contributed by atoms with Crippen LogP contribution in [-0.2, 0) is 17.6 Å². The lowest BCUT2D eigenvalue weighted by Crippen LogP contribution is -2.53. The average molecular weight is 339 g/mol. The van der Waals surface area contributed by atoms with E-state index in [2.05, 4.69) is 12.1 Å². The molecule has 4 nitrogen and oxygen atoms in total. The number of carbonyl (C=O) groups excluding carboxylic acids is 1. The first-order valence-electron chi connectivity index (χ1n) is 8.76. The summed E-state index contributed by atoms with van der Waals surface area (Å²) in [5, 5.41) is 20.3. The Morgan fingerprint density at radius 3 is 2.60 bits per heavy atom. The monoisotopic (exact) mass is 339 g/mol. The van der Waals surface area contributed by atoms with Gasteiger partial charge in [-0.15, -0.1) is 0 Å². The van der Waals surface area contributed by atoms with E-state index in [1.165, 1.54) is 5.56 Å². The van der Waals surface area contributed by atoms with Crippen LogP contribution in [0.1, 0.15) is 24.5 Å². The minimum absolute atomic E-state index is 0.0109. The van der Waals surface area contributed by atoms with Crippen molar-refractivity contribution in [3.05, 3.63) is 65.7 Å². The van der Waals surface area contributed by atoms with E-state index in [-0.39, 0.29) is 24.0 Å². The van der Waals surface area contributed by atoms with Crippen LogP contribution < -0.4 is 0 Å². The third-order valence-corrected chi connectivity index (χ3v) is 5.15. The fourth-order valence-corrected chi connectivity index (χ4v) is 3.48. The van der Waals surface area contributed by atoms with Crippen LogP contribution in [-0.4, -0.2) is 39.7 Å². The number of phenols is 1. The quantitative estimate of drug-likeness (QED) is 0.900. The van der Waals surface area contributed by atoms with Crippen LogP contribution in [0.4, 0.5) is 0 Å². The summed E-state index contributed by atoms with van der Waals surface area (Å²) < 4.78 is 0. The molecule has 2 atom stereocenters. The van der Waals surface area contributed by atoms with Gasteiger partial charge in [0.05, 0.1) is 12.0 Å². The number of benzene rings is 2. The molecule has 1 heterocycles. The molecule has 2 aromatic carbocycles. The van der Waals surface area contributed by atoms with E-state index < -0.39 is 5.60 Å². The number of aromatic hydroxyl groups is 1. The Bertz CT molecular complexity index is 727. The minimum atomic E-state index is -0.766. The molecule has 0 saturated carbocycles. The SMILES string of the molecule is C[C@@]1(O)CCN(C(=O)Cc2cccc(O)c2)C[C@@H]1Cc1ccccc1. The summed E-state index contributed by atoms with van der Waals surface area (Å²) in [6, 6.07) is 16.9. The number of amides is 1. The molecule has 3 rings (SSSR count). The molecule has 0 unspecified atom stereocenters. The predicted molar refractivity (Wildman–Crippen MR) is 97.3 cm³/mol. The van der Waals surface area contributed by atoms with Gasteiger partial charge in [-0.05, 0) is 43.0 Å². The number of rotatable bonds is 4. The van der Waals surface area contributed by atoms with E-state index in [4.69, 9.17) is 0 Å². The van der Waals surface area contributed by atoms with Gasteiger partial charge in [-0.2, -0.15) is 0 Å². The zero-order chi connectivity index (χ0) is 17.9. The number of likely N-dealkylation sites (tertiary alicyclic amines) is 1. The maximum absolute atomic E-state index is 12.7. The summed E-state index contributed by atoms with van der Waals surface area (Å²) in [6.45, 7) is 2.99. The van der Waals surface area contributed by atoms with Gasteiger partial charge in [0.1, 0.15) is 5.75 Å². The highest BCUT2D eigenvalue weighted by Crippen LogP contribution is 2.31. The van der Waals surface area contributed by atoms with Crippen LogP contribution in [0.3, 0.4) is 0 Å². The van der Waals surface area contributed by atoms with E-state index in [0.717, 1.165) is 12.0 Å². The molecular formula is C21H25NO3. The molecule has 1 amide bonds. The van der Waals surface area contributed by atoms with Crippen LogP contribution in [0, 0.1) is 5.92 Å². The molecule has 1 fully saturated rings. The summed E-state index contributed by atoms with van der Waals surface area (Å²) in [4.78, 5) is 14.5. The third kappa shape index (κ3) is 4.40. The molecule has 1 aliphatic rings. The summed E-state index contributed by atoms with van der Waals surface area (Å²) in [5.74, 6) is 0.227. The number of aliphatic hydroxyl groups is 1. The molecule has 2 N–H and O–H groups in total. The first-order chi connectivity index (χ1) is 11.9. The van der Waals surface area contributed by atoms with Gasteiger partial charge in [0.15, 0.2) is 0 Å². The highest BCUT2D eigenvalue weighted by atomic mass is 16.3. The number of carbonyl (C=O) groups is 1.